The monoisotopic (exact) mass is 402 g/mol. The van der Waals surface area contributed by atoms with Gasteiger partial charge < -0.3 is 4.90 Å². The van der Waals surface area contributed by atoms with Crippen molar-refractivity contribution >= 4 is 27.5 Å². The van der Waals surface area contributed by atoms with Crippen LogP contribution in [0.2, 0.25) is 5.02 Å². The second kappa shape index (κ2) is 8.57. The molecule has 1 N–H and O–H groups in total. The molecule has 140 valence electrons. The fourth-order valence-electron chi connectivity index (χ4n) is 2.16. The average Bonchev–Trinajstić information content (AvgIpc) is 2.59. The van der Waals surface area contributed by atoms with Crippen molar-refractivity contribution in [1.29, 1.82) is 0 Å². The van der Waals surface area contributed by atoms with E-state index < -0.39 is 26.6 Å². The van der Waals surface area contributed by atoms with Gasteiger partial charge in [-0.25, -0.2) is 21.9 Å². The number of carbonyl (C=O) groups is 1. The van der Waals surface area contributed by atoms with E-state index >= 15 is 0 Å². The first-order valence-corrected chi connectivity index (χ1v) is 9.48. The van der Waals surface area contributed by atoms with Crippen LogP contribution in [0.3, 0.4) is 0 Å². The van der Waals surface area contributed by atoms with Crippen molar-refractivity contribution in [3.63, 3.8) is 0 Å². The zero-order chi connectivity index (χ0) is 19.3. The van der Waals surface area contributed by atoms with Gasteiger partial charge in [-0.15, -0.1) is 0 Å². The Balaban J connectivity index is 1.88. The molecule has 0 saturated carbocycles. The largest absolute Gasteiger partial charge is 0.341 e. The van der Waals surface area contributed by atoms with E-state index in [9.17, 15) is 22.0 Å². The van der Waals surface area contributed by atoms with E-state index in [0.717, 1.165) is 17.7 Å². The third-order valence-electron chi connectivity index (χ3n) is 3.59. The average molecular weight is 403 g/mol. The third kappa shape index (κ3) is 5.48. The highest BCUT2D eigenvalue weighted by molar-refractivity contribution is 7.89. The molecular formula is C17H17ClF2N2O3S. The Labute approximate surface area is 155 Å². The molecule has 9 heteroatoms. The van der Waals surface area contributed by atoms with Crippen LogP contribution in [0.4, 0.5) is 8.78 Å². The molecule has 2 aromatic carbocycles. The van der Waals surface area contributed by atoms with Crippen molar-refractivity contribution in [1.82, 2.24) is 9.62 Å². The molecule has 0 radical (unpaired) electrons. The van der Waals surface area contributed by atoms with E-state index in [1.54, 1.807) is 31.3 Å². The molecule has 0 aliphatic rings. The molecule has 2 rings (SSSR count). The van der Waals surface area contributed by atoms with Crippen molar-refractivity contribution in [3.8, 4) is 0 Å². The van der Waals surface area contributed by atoms with Gasteiger partial charge in [0.15, 0.2) is 11.6 Å². The molecular weight excluding hydrogens is 386 g/mol. The minimum absolute atomic E-state index is 0.0764. The maximum Gasteiger partial charge on any atom is 0.240 e. The summed E-state index contributed by atoms with van der Waals surface area (Å²) in [7, 11) is -2.43. The van der Waals surface area contributed by atoms with Crippen molar-refractivity contribution in [2.24, 2.45) is 0 Å². The number of carbonyl (C=O) groups excluding carboxylic acids is 1. The molecule has 0 fully saturated rings. The van der Waals surface area contributed by atoms with Crippen LogP contribution in [0.5, 0.6) is 0 Å². The fourth-order valence-corrected chi connectivity index (χ4v) is 3.33. The zero-order valence-corrected chi connectivity index (χ0v) is 15.4. The molecule has 0 heterocycles. The molecule has 0 unspecified atom stereocenters. The first-order valence-electron chi connectivity index (χ1n) is 7.62. The molecule has 5 nitrogen and oxygen atoms in total. The zero-order valence-electron chi connectivity index (χ0n) is 13.9. The number of hydrogen-bond donors (Lipinski definition) is 1. The summed E-state index contributed by atoms with van der Waals surface area (Å²) < 4.78 is 52.3. The van der Waals surface area contributed by atoms with Crippen LogP contribution in [0.25, 0.3) is 0 Å². The maximum absolute atomic E-state index is 13.2. The quantitative estimate of drug-likeness (QED) is 0.774. The Kier molecular flexibility index (Phi) is 6.69. The summed E-state index contributed by atoms with van der Waals surface area (Å²) in [5.74, 6) is -2.66. The predicted octanol–water partition coefficient (Wildman–Crippen LogP) is 2.95. The number of halogens is 3. The maximum atomic E-state index is 13.2. The van der Waals surface area contributed by atoms with E-state index in [-0.39, 0.29) is 18.9 Å². The Morgan fingerprint density at radius 1 is 1.12 bits per heavy atom. The normalized spacial score (nSPS) is 11.4. The first-order chi connectivity index (χ1) is 12.2. The van der Waals surface area contributed by atoms with Gasteiger partial charge in [-0.3, -0.25) is 4.79 Å². The Morgan fingerprint density at radius 3 is 2.38 bits per heavy atom. The molecule has 0 spiro atoms. The molecule has 0 aliphatic carbocycles. The standard InChI is InChI=1S/C17H17ClF2N2O3S/c1-22(11-12-2-4-13(18)5-3-12)17(23)8-9-21-26(24,25)14-6-7-15(19)16(20)10-14/h2-7,10,21H,8-9,11H2,1H3. The van der Waals surface area contributed by atoms with Gasteiger partial charge in [-0.2, -0.15) is 0 Å². The van der Waals surface area contributed by atoms with E-state index in [1.807, 2.05) is 0 Å². The van der Waals surface area contributed by atoms with Crippen molar-refractivity contribution in [3.05, 3.63) is 64.7 Å². The summed E-state index contributed by atoms with van der Waals surface area (Å²) in [5, 5.41) is 0.592. The van der Waals surface area contributed by atoms with Crippen LogP contribution in [0, 0.1) is 11.6 Å². The van der Waals surface area contributed by atoms with Gasteiger partial charge in [0.2, 0.25) is 15.9 Å². The molecule has 1 amide bonds. The Morgan fingerprint density at radius 2 is 1.77 bits per heavy atom. The van der Waals surface area contributed by atoms with Crippen LogP contribution in [-0.2, 0) is 21.4 Å². The molecule has 26 heavy (non-hydrogen) atoms. The number of rotatable bonds is 7. The second-order valence-electron chi connectivity index (χ2n) is 5.60. The summed E-state index contributed by atoms with van der Waals surface area (Å²) in [6.07, 6.45) is -0.0764. The highest BCUT2D eigenvalue weighted by atomic mass is 35.5. The highest BCUT2D eigenvalue weighted by Crippen LogP contribution is 2.14. The Hall–Kier alpha value is -2.03. The van der Waals surface area contributed by atoms with Gasteiger partial charge in [0.1, 0.15) is 0 Å². The molecule has 0 aliphatic heterocycles. The Bertz CT molecular complexity index is 889. The fraction of sp³-hybridized carbons (Fsp3) is 0.235. The number of amides is 1. The van der Waals surface area contributed by atoms with Crippen molar-refractivity contribution in [2.45, 2.75) is 17.9 Å². The number of sulfonamides is 1. The van der Waals surface area contributed by atoms with Crippen LogP contribution >= 0.6 is 11.6 Å². The third-order valence-corrected chi connectivity index (χ3v) is 5.30. The van der Waals surface area contributed by atoms with Gasteiger partial charge >= 0.3 is 0 Å². The minimum atomic E-state index is -4.03. The van der Waals surface area contributed by atoms with Crippen LogP contribution in [0.15, 0.2) is 47.4 Å². The van der Waals surface area contributed by atoms with Gasteiger partial charge in [0, 0.05) is 31.6 Å². The second-order valence-corrected chi connectivity index (χ2v) is 7.80. The highest BCUT2D eigenvalue weighted by Gasteiger charge is 2.17. The van der Waals surface area contributed by atoms with Gasteiger partial charge in [-0.05, 0) is 35.9 Å². The van der Waals surface area contributed by atoms with Crippen LogP contribution in [0.1, 0.15) is 12.0 Å². The molecule has 0 atom stereocenters. The van der Waals surface area contributed by atoms with E-state index in [2.05, 4.69) is 4.72 Å². The molecule has 0 bridgehead atoms. The van der Waals surface area contributed by atoms with E-state index in [4.69, 9.17) is 11.6 Å². The SMILES string of the molecule is CN(Cc1ccc(Cl)cc1)C(=O)CCNS(=O)(=O)c1ccc(F)c(F)c1. The lowest BCUT2D eigenvalue weighted by molar-refractivity contribution is -0.130. The smallest absolute Gasteiger partial charge is 0.240 e. The molecule has 2 aromatic rings. The summed E-state index contributed by atoms with van der Waals surface area (Å²) >= 11 is 5.80. The topological polar surface area (TPSA) is 66.5 Å². The summed E-state index contributed by atoms with van der Waals surface area (Å²) in [6.45, 7) is 0.192. The summed E-state index contributed by atoms with van der Waals surface area (Å²) in [6, 6.07) is 9.28. The molecule has 0 aromatic heterocycles. The van der Waals surface area contributed by atoms with E-state index in [1.165, 1.54) is 4.90 Å². The number of nitrogens with zero attached hydrogens (tertiary/aromatic N) is 1. The minimum Gasteiger partial charge on any atom is -0.341 e. The number of benzene rings is 2. The summed E-state index contributed by atoms with van der Waals surface area (Å²) in [4.78, 5) is 13.1. The van der Waals surface area contributed by atoms with Crippen LogP contribution in [-0.4, -0.2) is 32.8 Å². The van der Waals surface area contributed by atoms with Crippen LogP contribution < -0.4 is 4.72 Å². The van der Waals surface area contributed by atoms with Crippen molar-refractivity contribution < 1.29 is 22.0 Å². The predicted molar refractivity (Wildman–Crippen MR) is 94.1 cm³/mol. The number of hydrogen-bond acceptors (Lipinski definition) is 3. The lowest BCUT2D eigenvalue weighted by Crippen LogP contribution is -2.32. The van der Waals surface area contributed by atoms with E-state index in [0.29, 0.717) is 17.6 Å². The van der Waals surface area contributed by atoms with Crippen molar-refractivity contribution in [2.75, 3.05) is 13.6 Å². The lowest BCUT2D eigenvalue weighted by Gasteiger charge is -2.17. The number of nitrogens with one attached hydrogen (secondary N) is 1. The summed E-state index contributed by atoms with van der Waals surface area (Å²) in [5.41, 5.74) is 0.882. The first kappa shape index (κ1) is 20.3. The lowest BCUT2D eigenvalue weighted by atomic mass is 10.2. The molecule has 0 saturated heterocycles. The van der Waals surface area contributed by atoms with Gasteiger partial charge in [0.25, 0.3) is 0 Å². The van der Waals surface area contributed by atoms with Gasteiger partial charge in [0.05, 0.1) is 4.90 Å². The van der Waals surface area contributed by atoms with Gasteiger partial charge in [-0.1, -0.05) is 23.7 Å².